The van der Waals surface area contributed by atoms with Crippen LogP contribution in [0.5, 0.6) is 0 Å². The van der Waals surface area contributed by atoms with Crippen LogP contribution in [0.2, 0.25) is 10.0 Å². The summed E-state index contributed by atoms with van der Waals surface area (Å²) < 4.78 is 28.0. The molecule has 1 aliphatic heterocycles. The highest BCUT2D eigenvalue weighted by atomic mass is 79.9. The van der Waals surface area contributed by atoms with E-state index in [4.69, 9.17) is 23.2 Å². The van der Waals surface area contributed by atoms with E-state index in [0.29, 0.717) is 19.4 Å². The fourth-order valence-corrected chi connectivity index (χ4v) is 5.58. The molecule has 5 nitrogen and oxygen atoms in total. The van der Waals surface area contributed by atoms with Crippen LogP contribution in [-0.4, -0.2) is 31.7 Å². The topological polar surface area (TPSA) is 66.5 Å². The van der Waals surface area contributed by atoms with Gasteiger partial charge in [0.25, 0.3) is 0 Å². The van der Waals surface area contributed by atoms with Crippen molar-refractivity contribution in [3.8, 4) is 0 Å². The number of hydrogen-bond acceptors (Lipinski definition) is 3. The molecule has 1 fully saturated rings. The van der Waals surface area contributed by atoms with Crippen molar-refractivity contribution in [1.82, 2.24) is 9.62 Å². The minimum absolute atomic E-state index is 0.0502. The van der Waals surface area contributed by atoms with E-state index in [0.717, 1.165) is 10.0 Å². The molecular formula is C19H19BrCl2N2O3S. The fraction of sp³-hybridized carbons (Fsp3) is 0.316. The number of amides is 1. The van der Waals surface area contributed by atoms with Crippen molar-refractivity contribution in [2.75, 3.05) is 13.1 Å². The Kier molecular flexibility index (Phi) is 7.04. The Morgan fingerprint density at radius 1 is 1.07 bits per heavy atom. The minimum atomic E-state index is -3.69. The first-order valence-electron chi connectivity index (χ1n) is 8.74. The SMILES string of the molecule is O=C(NCc1ccc(Br)cc1)C1CCN(S(=O)(=O)c2cc(Cl)cc(Cl)c2)CC1. The fourth-order valence-electron chi connectivity index (χ4n) is 3.12. The molecule has 9 heteroatoms. The van der Waals surface area contributed by atoms with E-state index >= 15 is 0 Å². The van der Waals surface area contributed by atoms with E-state index in [-0.39, 0.29) is 39.9 Å². The van der Waals surface area contributed by atoms with Crippen molar-refractivity contribution >= 4 is 55.1 Å². The van der Waals surface area contributed by atoms with Crippen LogP contribution in [0.1, 0.15) is 18.4 Å². The summed E-state index contributed by atoms with van der Waals surface area (Å²) in [5.74, 6) is -0.254. The second-order valence-corrected chi connectivity index (χ2v) is 10.4. The van der Waals surface area contributed by atoms with Crippen molar-refractivity contribution < 1.29 is 13.2 Å². The lowest BCUT2D eigenvalue weighted by atomic mass is 9.97. The van der Waals surface area contributed by atoms with Gasteiger partial charge in [-0.2, -0.15) is 4.31 Å². The van der Waals surface area contributed by atoms with E-state index in [2.05, 4.69) is 21.2 Å². The summed E-state index contributed by atoms with van der Waals surface area (Å²) >= 11 is 15.2. The predicted molar refractivity (Wildman–Crippen MR) is 114 cm³/mol. The van der Waals surface area contributed by atoms with Gasteiger partial charge in [-0.05, 0) is 48.7 Å². The summed E-state index contributed by atoms with van der Waals surface area (Å²) in [5, 5.41) is 3.47. The maximum Gasteiger partial charge on any atom is 0.243 e. The van der Waals surface area contributed by atoms with Gasteiger partial charge in [-0.3, -0.25) is 4.79 Å². The molecule has 1 amide bonds. The number of nitrogens with one attached hydrogen (secondary N) is 1. The van der Waals surface area contributed by atoms with Crippen LogP contribution in [0, 0.1) is 5.92 Å². The molecule has 1 aliphatic rings. The Hall–Kier alpha value is -1.12. The number of piperidine rings is 1. The highest BCUT2D eigenvalue weighted by Crippen LogP contribution is 2.28. The second-order valence-electron chi connectivity index (χ2n) is 6.63. The van der Waals surface area contributed by atoms with Crippen molar-refractivity contribution in [2.45, 2.75) is 24.3 Å². The summed E-state index contributed by atoms with van der Waals surface area (Å²) in [4.78, 5) is 12.5. The van der Waals surface area contributed by atoms with Gasteiger partial charge in [0.15, 0.2) is 0 Å². The number of hydrogen-bond donors (Lipinski definition) is 1. The maximum absolute atomic E-state index is 12.8. The molecule has 0 unspecified atom stereocenters. The van der Waals surface area contributed by atoms with E-state index in [9.17, 15) is 13.2 Å². The number of benzene rings is 2. The summed E-state index contributed by atoms with van der Waals surface area (Å²) in [6.07, 6.45) is 0.944. The van der Waals surface area contributed by atoms with Crippen LogP contribution in [-0.2, 0) is 21.4 Å². The third-order valence-corrected chi connectivity index (χ3v) is 7.52. The van der Waals surface area contributed by atoms with Crippen LogP contribution >= 0.6 is 39.1 Å². The Balaban J connectivity index is 1.57. The van der Waals surface area contributed by atoms with Gasteiger partial charge < -0.3 is 5.32 Å². The first-order valence-corrected chi connectivity index (χ1v) is 11.7. The monoisotopic (exact) mass is 504 g/mol. The lowest BCUT2D eigenvalue weighted by molar-refractivity contribution is -0.126. The zero-order valence-corrected chi connectivity index (χ0v) is 18.8. The maximum atomic E-state index is 12.8. The van der Waals surface area contributed by atoms with Crippen molar-refractivity contribution in [2.24, 2.45) is 5.92 Å². The number of nitrogens with zero attached hydrogens (tertiary/aromatic N) is 1. The van der Waals surface area contributed by atoms with Crippen LogP contribution in [0.15, 0.2) is 51.8 Å². The molecule has 0 aromatic heterocycles. The molecule has 1 saturated heterocycles. The molecule has 0 radical (unpaired) electrons. The van der Waals surface area contributed by atoms with E-state index in [1.807, 2.05) is 24.3 Å². The Morgan fingerprint density at radius 2 is 1.64 bits per heavy atom. The van der Waals surface area contributed by atoms with E-state index in [1.165, 1.54) is 22.5 Å². The highest BCUT2D eigenvalue weighted by molar-refractivity contribution is 9.10. The minimum Gasteiger partial charge on any atom is -0.352 e. The molecule has 150 valence electrons. The van der Waals surface area contributed by atoms with Gasteiger partial charge in [-0.1, -0.05) is 51.3 Å². The Labute approximate surface area is 183 Å². The Morgan fingerprint density at radius 3 is 2.21 bits per heavy atom. The third-order valence-electron chi connectivity index (χ3n) is 4.68. The normalized spacial score (nSPS) is 16.1. The van der Waals surface area contributed by atoms with Gasteiger partial charge in [0.1, 0.15) is 0 Å². The van der Waals surface area contributed by atoms with Gasteiger partial charge in [-0.25, -0.2) is 8.42 Å². The van der Waals surface area contributed by atoms with Crippen LogP contribution in [0.3, 0.4) is 0 Å². The Bertz CT molecular complexity index is 939. The predicted octanol–water partition coefficient (Wildman–Crippen LogP) is 4.47. The van der Waals surface area contributed by atoms with E-state index < -0.39 is 10.0 Å². The van der Waals surface area contributed by atoms with Gasteiger partial charge in [0.05, 0.1) is 4.90 Å². The molecule has 1 N–H and O–H groups in total. The molecule has 28 heavy (non-hydrogen) atoms. The summed E-state index contributed by atoms with van der Waals surface area (Å²) in [7, 11) is -3.69. The number of sulfonamides is 1. The standard InChI is InChI=1S/C19H19BrCl2N2O3S/c20-15-3-1-13(2-4-15)12-23-19(25)14-5-7-24(8-6-14)28(26,27)18-10-16(21)9-17(22)11-18/h1-4,9-11,14H,5-8,12H2,(H,23,25). The highest BCUT2D eigenvalue weighted by Gasteiger charge is 2.32. The summed E-state index contributed by atoms with van der Waals surface area (Å²) in [6.45, 7) is 1.01. The molecule has 0 atom stereocenters. The lowest BCUT2D eigenvalue weighted by Gasteiger charge is -2.30. The van der Waals surface area contributed by atoms with E-state index in [1.54, 1.807) is 0 Å². The van der Waals surface area contributed by atoms with Crippen LogP contribution in [0.4, 0.5) is 0 Å². The van der Waals surface area contributed by atoms with Gasteiger partial charge in [0, 0.05) is 40.1 Å². The third kappa shape index (κ3) is 5.27. The number of halogens is 3. The number of carbonyl (C=O) groups is 1. The second kappa shape index (κ2) is 9.13. The molecule has 2 aromatic carbocycles. The number of carbonyl (C=O) groups excluding carboxylic acids is 1. The molecule has 3 rings (SSSR count). The zero-order valence-electron chi connectivity index (χ0n) is 14.9. The first kappa shape index (κ1) is 21.6. The van der Waals surface area contributed by atoms with Gasteiger partial charge in [0.2, 0.25) is 15.9 Å². The quantitative estimate of drug-likeness (QED) is 0.651. The van der Waals surface area contributed by atoms with Gasteiger partial charge >= 0.3 is 0 Å². The van der Waals surface area contributed by atoms with Crippen LogP contribution in [0.25, 0.3) is 0 Å². The molecule has 2 aromatic rings. The summed E-state index contributed by atoms with van der Waals surface area (Å²) in [6, 6.07) is 12.0. The summed E-state index contributed by atoms with van der Waals surface area (Å²) in [5.41, 5.74) is 1.01. The first-order chi connectivity index (χ1) is 13.3. The average Bonchev–Trinajstić information content (AvgIpc) is 2.66. The molecule has 1 heterocycles. The smallest absolute Gasteiger partial charge is 0.243 e. The van der Waals surface area contributed by atoms with Gasteiger partial charge in [-0.15, -0.1) is 0 Å². The molecule has 0 bridgehead atoms. The number of rotatable bonds is 5. The largest absolute Gasteiger partial charge is 0.352 e. The van der Waals surface area contributed by atoms with Crippen molar-refractivity contribution in [3.63, 3.8) is 0 Å². The van der Waals surface area contributed by atoms with Crippen molar-refractivity contribution in [3.05, 3.63) is 62.5 Å². The molecular weight excluding hydrogens is 487 g/mol. The van der Waals surface area contributed by atoms with Crippen molar-refractivity contribution in [1.29, 1.82) is 0 Å². The zero-order chi connectivity index (χ0) is 20.3. The van der Waals surface area contributed by atoms with Crippen LogP contribution < -0.4 is 5.32 Å². The average molecular weight is 506 g/mol. The lowest BCUT2D eigenvalue weighted by Crippen LogP contribution is -2.42. The molecule has 0 saturated carbocycles. The molecule has 0 aliphatic carbocycles. The molecule has 0 spiro atoms.